The second-order valence-corrected chi connectivity index (χ2v) is 4.37. The van der Waals surface area contributed by atoms with Gasteiger partial charge in [-0.3, -0.25) is 4.68 Å². The van der Waals surface area contributed by atoms with E-state index in [1.807, 2.05) is 11.6 Å². The average molecular weight is 233 g/mol. The molecule has 80 valence electrons. The minimum absolute atomic E-state index is 0.595. The Morgan fingerprint density at radius 3 is 2.79 bits per heavy atom. The molecule has 0 aromatic carbocycles. The minimum atomic E-state index is 0.595. The molecular formula is C10H17ClN2S. The number of aromatic nitrogens is 2. The van der Waals surface area contributed by atoms with E-state index in [4.69, 9.17) is 11.6 Å². The first-order chi connectivity index (χ1) is 6.69. The number of thiol groups is 1. The molecule has 1 heterocycles. The molecule has 0 bridgehead atoms. The largest absolute Gasteiger partial charge is 0.268 e. The molecule has 0 spiro atoms. The van der Waals surface area contributed by atoms with Gasteiger partial charge in [-0.15, -0.1) is 0 Å². The van der Waals surface area contributed by atoms with E-state index < -0.39 is 0 Å². The van der Waals surface area contributed by atoms with Crippen molar-refractivity contribution in [2.24, 2.45) is 5.92 Å². The van der Waals surface area contributed by atoms with Crippen molar-refractivity contribution >= 4 is 24.2 Å². The van der Waals surface area contributed by atoms with Gasteiger partial charge in [-0.1, -0.05) is 24.9 Å². The van der Waals surface area contributed by atoms with E-state index in [1.54, 1.807) is 6.20 Å². The summed E-state index contributed by atoms with van der Waals surface area (Å²) in [5.74, 6) is 1.50. The molecule has 1 rings (SSSR count). The highest BCUT2D eigenvalue weighted by atomic mass is 35.5. The fourth-order valence-electron chi connectivity index (χ4n) is 1.50. The second-order valence-electron chi connectivity index (χ2n) is 3.60. The maximum absolute atomic E-state index is 5.93. The van der Waals surface area contributed by atoms with Gasteiger partial charge in [0.25, 0.3) is 0 Å². The predicted octanol–water partition coefficient (Wildman–Crippen LogP) is 3.19. The smallest absolute Gasteiger partial charge is 0.0814 e. The van der Waals surface area contributed by atoms with Crippen molar-refractivity contribution in [3.63, 3.8) is 0 Å². The Morgan fingerprint density at radius 2 is 2.36 bits per heavy atom. The molecule has 4 heteroatoms. The van der Waals surface area contributed by atoms with Gasteiger partial charge < -0.3 is 0 Å². The van der Waals surface area contributed by atoms with Crippen LogP contribution in [0.25, 0.3) is 0 Å². The Bertz CT molecular complexity index is 286. The van der Waals surface area contributed by atoms with Gasteiger partial charge in [0, 0.05) is 6.54 Å². The van der Waals surface area contributed by atoms with Crippen molar-refractivity contribution in [2.75, 3.05) is 5.75 Å². The van der Waals surface area contributed by atoms with Crippen LogP contribution in [-0.4, -0.2) is 15.5 Å². The molecule has 0 fully saturated rings. The van der Waals surface area contributed by atoms with Crippen LogP contribution in [0.15, 0.2) is 6.20 Å². The summed E-state index contributed by atoms with van der Waals surface area (Å²) in [7, 11) is 0. The number of halogens is 1. The first kappa shape index (κ1) is 11.9. The van der Waals surface area contributed by atoms with Crippen LogP contribution in [0.5, 0.6) is 0 Å². The van der Waals surface area contributed by atoms with Crippen molar-refractivity contribution in [1.29, 1.82) is 0 Å². The van der Waals surface area contributed by atoms with Crippen molar-refractivity contribution in [1.82, 2.24) is 9.78 Å². The van der Waals surface area contributed by atoms with E-state index >= 15 is 0 Å². The topological polar surface area (TPSA) is 17.8 Å². The van der Waals surface area contributed by atoms with Crippen molar-refractivity contribution in [3.05, 3.63) is 16.9 Å². The molecule has 2 nitrogen and oxygen atoms in total. The highest BCUT2D eigenvalue weighted by molar-refractivity contribution is 7.80. The third-order valence-electron chi connectivity index (χ3n) is 2.43. The van der Waals surface area contributed by atoms with Gasteiger partial charge in [0.1, 0.15) is 0 Å². The first-order valence-electron chi connectivity index (χ1n) is 4.97. The molecule has 0 N–H and O–H groups in total. The predicted molar refractivity (Wildman–Crippen MR) is 64.2 cm³/mol. The van der Waals surface area contributed by atoms with Crippen LogP contribution in [0.1, 0.15) is 25.5 Å². The van der Waals surface area contributed by atoms with Crippen LogP contribution in [0.3, 0.4) is 0 Å². The number of hydrogen-bond donors (Lipinski definition) is 1. The lowest BCUT2D eigenvalue weighted by atomic mass is 10.1. The summed E-state index contributed by atoms with van der Waals surface area (Å²) in [6.45, 7) is 5.12. The molecular weight excluding hydrogens is 216 g/mol. The molecule has 0 saturated heterocycles. The lowest BCUT2D eigenvalue weighted by Gasteiger charge is -2.14. The summed E-state index contributed by atoms with van der Waals surface area (Å²) in [4.78, 5) is 0. The van der Waals surface area contributed by atoms with Gasteiger partial charge in [-0.05, 0) is 25.0 Å². The molecule has 1 aromatic heterocycles. The Kier molecular flexibility index (Phi) is 4.82. The normalized spacial score (nSPS) is 13.1. The van der Waals surface area contributed by atoms with Gasteiger partial charge in [-0.2, -0.15) is 17.7 Å². The van der Waals surface area contributed by atoms with Crippen molar-refractivity contribution in [3.8, 4) is 0 Å². The van der Waals surface area contributed by atoms with Gasteiger partial charge in [0.05, 0.1) is 16.9 Å². The van der Waals surface area contributed by atoms with Crippen molar-refractivity contribution < 1.29 is 0 Å². The van der Waals surface area contributed by atoms with Gasteiger partial charge in [0.2, 0.25) is 0 Å². The Labute approximate surface area is 96.1 Å². The molecule has 0 aliphatic carbocycles. The summed E-state index contributed by atoms with van der Waals surface area (Å²) in [5.41, 5.74) is 1.05. The molecule has 1 aromatic rings. The monoisotopic (exact) mass is 232 g/mol. The summed E-state index contributed by atoms with van der Waals surface area (Å²) >= 11 is 10.3. The third kappa shape index (κ3) is 2.92. The lowest BCUT2D eigenvalue weighted by Crippen LogP contribution is -2.14. The zero-order valence-corrected chi connectivity index (χ0v) is 10.4. The number of nitrogens with zero attached hydrogens (tertiary/aromatic N) is 2. The third-order valence-corrected chi connectivity index (χ3v) is 3.32. The fraction of sp³-hybridized carbons (Fsp3) is 0.700. The Balaban J connectivity index is 2.62. The van der Waals surface area contributed by atoms with Crippen LogP contribution >= 0.6 is 24.2 Å². The zero-order valence-electron chi connectivity index (χ0n) is 8.70. The first-order valence-corrected chi connectivity index (χ1v) is 5.98. The summed E-state index contributed by atoms with van der Waals surface area (Å²) in [6, 6.07) is 0. The van der Waals surface area contributed by atoms with Crippen LogP contribution < -0.4 is 0 Å². The van der Waals surface area contributed by atoms with Crippen molar-refractivity contribution in [2.45, 2.75) is 33.2 Å². The molecule has 14 heavy (non-hydrogen) atoms. The van der Waals surface area contributed by atoms with E-state index in [9.17, 15) is 0 Å². The summed E-state index contributed by atoms with van der Waals surface area (Å²) in [5, 5.41) is 4.99. The van der Waals surface area contributed by atoms with Crippen LogP contribution in [0.4, 0.5) is 0 Å². The Morgan fingerprint density at radius 1 is 1.64 bits per heavy atom. The SMILES string of the molecule is CCCC(CS)Cn1ncc(Cl)c1C. The van der Waals surface area contributed by atoms with Crippen LogP contribution in [0.2, 0.25) is 5.02 Å². The summed E-state index contributed by atoms with van der Waals surface area (Å²) < 4.78 is 1.97. The molecule has 0 amide bonds. The average Bonchev–Trinajstić information content (AvgIpc) is 2.49. The molecule has 1 unspecified atom stereocenters. The minimum Gasteiger partial charge on any atom is -0.268 e. The molecule has 0 saturated carbocycles. The van der Waals surface area contributed by atoms with Gasteiger partial charge in [0.15, 0.2) is 0 Å². The maximum atomic E-state index is 5.93. The standard InChI is InChI=1S/C10H17ClN2S/c1-3-4-9(7-14)6-13-8(2)10(11)5-12-13/h5,9,14H,3-4,6-7H2,1-2H3. The van der Waals surface area contributed by atoms with Gasteiger partial charge in [-0.25, -0.2) is 0 Å². The fourth-order valence-corrected chi connectivity index (χ4v) is 1.94. The summed E-state index contributed by atoms with van der Waals surface area (Å²) in [6.07, 6.45) is 4.10. The lowest BCUT2D eigenvalue weighted by molar-refractivity contribution is 0.422. The van der Waals surface area contributed by atoms with E-state index in [0.717, 1.165) is 23.0 Å². The highest BCUT2D eigenvalue weighted by Crippen LogP contribution is 2.17. The van der Waals surface area contributed by atoms with E-state index in [1.165, 1.54) is 12.8 Å². The van der Waals surface area contributed by atoms with E-state index in [-0.39, 0.29) is 0 Å². The van der Waals surface area contributed by atoms with E-state index in [2.05, 4.69) is 24.7 Å². The molecule has 0 aliphatic rings. The van der Waals surface area contributed by atoms with Crippen LogP contribution in [-0.2, 0) is 6.54 Å². The zero-order chi connectivity index (χ0) is 10.6. The number of hydrogen-bond acceptors (Lipinski definition) is 2. The maximum Gasteiger partial charge on any atom is 0.0814 e. The van der Waals surface area contributed by atoms with Gasteiger partial charge >= 0.3 is 0 Å². The molecule has 0 aliphatic heterocycles. The van der Waals surface area contributed by atoms with E-state index in [0.29, 0.717) is 5.92 Å². The number of rotatable bonds is 5. The van der Waals surface area contributed by atoms with Crippen LogP contribution in [0, 0.1) is 12.8 Å². The second kappa shape index (κ2) is 5.66. The highest BCUT2D eigenvalue weighted by Gasteiger charge is 2.10. The quantitative estimate of drug-likeness (QED) is 0.772. The molecule has 0 radical (unpaired) electrons. The Hall–Kier alpha value is -0.150. The molecule has 1 atom stereocenters.